The number of allylic oxidation sites excluding steroid dienone is 2. The average Bonchev–Trinajstić information content (AvgIpc) is 2.69. The van der Waals surface area contributed by atoms with Gasteiger partial charge in [0.1, 0.15) is 5.75 Å². The van der Waals surface area contributed by atoms with Gasteiger partial charge >= 0.3 is 0 Å². The van der Waals surface area contributed by atoms with E-state index < -0.39 is 0 Å². The molecule has 0 aliphatic rings. The molecule has 2 rings (SSSR count). The Hall–Kier alpha value is -2.72. The minimum atomic E-state index is 0.758. The molecule has 0 aliphatic carbocycles. The minimum Gasteiger partial charge on any atom is -0.494 e. The lowest BCUT2D eigenvalue weighted by atomic mass is 10.1. The summed E-state index contributed by atoms with van der Waals surface area (Å²) in [7, 11) is 0. The van der Waals surface area contributed by atoms with E-state index >= 15 is 0 Å². The summed E-state index contributed by atoms with van der Waals surface area (Å²) >= 11 is 0. The zero-order valence-corrected chi connectivity index (χ0v) is 15.9. The Morgan fingerprint density at radius 3 is 1.88 bits per heavy atom. The topological polar surface area (TPSA) is 9.23 Å². The molecule has 1 nitrogen and oxygen atoms in total. The van der Waals surface area contributed by atoms with Gasteiger partial charge in [-0.2, -0.15) is 0 Å². The Morgan fingerprint density at radius 2 is 1.35 bits per heavy atom. The first-order chi connectivity index (χ1) is 12.8. The summed E-state index contributed by atoms with van der Waals surface area (Å²) in [6.45, 7) is 5.09. The number of hydrogen-bond donors (Lipinski definition) is 0. The molecule has 0 unspecified atom stereocenters. The predicted octanol–water partition coefficient (Wildman–Crippen LogP) is 6.55. The third-order valence-corrected chi connectivity index (χ3v) is 3.95. The summed E-state index contributed by atoms with van der Waals surface area (Å²) in [4.78, 5) is 0. The van der Waals surface area contributed by atoms with Crippen molar-refractivity contribution in [1.29, 1.82) is 0 Å². The zero-order chi connectivity index (χ0) is 18.5. The van der Waals surface area contributed by atoms with Crippen LogP contribution in [0.15, 0.2) is 60.7 Å². The second-order valence-electron chi connectivity index (χ2n) is 6.22. The highest BCUT2D eigenvalue weighted by molar-refractivity contribution is 5.56. The first-order valence-electron chi connectivity index (χ1n) is 9.47. The van der Waals surface area contributed by atoms with Gasteiger partial charge < -0.3 is 4.74 Å². The maximum Gasteiger partial charge on any atom is 0.119 e. The quantitative estimate of drug-likeness (QED) is 0.493. The highest BCUT2D eigenvalue weighted by Crippen LogP contribution is 2.13. The maximum atomic E-state index is 5.58. The molecule has 0 atom stereocenters. The smallest absolute Gasteiger partial charge is 0.119 e. The van der Waals surface area contributed by atoms with Gasteiger partial charge in [-0.1, -0.05) is 68.5 Å². The molecule has 134 valence electrons. The van der Waals surface area contributed by atoms with Crippen molar-refractivity contribution in [2.75, 3.05) is 6.61 Å². The van der Waals surface area contributed by atoms with Gasteiger partial charge in [-0.15, -0.1) is 0 Å². The summed E-state index contributed by atoms with van der Waals surface area (Å²) in [5.41, 5.74) is 3.71. The van der Waals surface area contributed by atoms with Crippen LogP contribution in [0.2, 0.25) is 0 Å². The van der Waals surface area contributed by atoms with E-state index in [1.807, 2.05) is 48.6 Å². The second-order valence-corrected chi connectivity index (χ2v) is 6.22. The molecule has 26 heavy (non-hydrogen) atoms. The lowest BCUT2D eigenvalue weighted by molar-refractivity contribution is 0.317. The lowest BCUT2D eigenvalue weighted by Gasteiger charge is -2.03. The van der Waals surface area contributed by atoms with Gasteiger partial charge in [0.05, 0.1) is 6.61 Å². The second kappa shape index (κ2) is 11.8. The molecule has 0 fully saturated rings. The van der Waals surface area contributed by atoms with E-state index in [2.05, 4.69) is 50.0 Å². The molecular weight excluding hydrogens is 316 g/mol. The van der Waals surface area contributed by atoms with Crippen molar-refractivity contribution in [2.24, 2.45) is 0 Å². The third kappa shape index (κ3) is 7.45. The number of unbranched alkanes of at least 4 members (excludes halogenated alkanes) is 1. The van der Waals surface area contributed by atoms with Crippen molar-refractivity contribution in [3.05, 3.63) is 77.4 Å². The van der Waals surface area contributed by atoms with E-state index in [0.29, 0.717) is 0 Å². The van der Waals surface area contributed by atoms with Crippen LogP contribution in [0.1, 0.15) is 49.8 Å². The molecule has 1 heteroatoms. The van der Waals surface area contributed by atoms with E-state index in [0.717, 1.165) is 30.8 Å². The number of aryl methyl sites for hydroxylation is 1. The van der Waals surface area contributed by atoms with Crippen molar-refractivity contribution in [1.82, 2.24) is 0 Å². The van der Waals surface area contributed by atoms with Crippen molar-refractivity contribution < 1.29 is 4.74 Å². The Bertz CT molecular complexity index is 687. The van der Waals surface area contributed by atoms with Gasteiger partial charge in [0.25, 0.3) is 0 Å². The number of hydrogen-bond acceptors (Lipinski definition) is 1. The van der Waals surface area contributed by atoms with Gasteiger partial charge in [-0.3, -0.25) is 0 Å². The third-order valence-electron chi connectivity index (χ3n) is 3.95. The van der Waals surface area contributed by atoms with E-state index in [4.69, 9.17) is 4.74 Å². The van der Waals surface area contributed by atoms with Crippen LogP contribution < -0.4 is 4.74 Å². The fraction of sp³-hybridized carbons (Fsp3) is 0.280. The van der Waals surface area contributed by atoms with Gasteiger partial charge in [0.15, 0.2) is 0 Å². The van der Waals surface area contributed by atoms with Crippen LogP contribution in [-0.2, 0) is 6.42 Å². The first-order valence-corrected chi connectivity index (χ1v) is 9.47. The molecule has 2 aromatic rings. The summed E-state index contributed by atoms with van der Waals surface area (Å²) in [5.74, 6) is 7.01. The van der Waals surface area contributed by atoms with Crippen molar-refractivity contribution in [3.8, 4) is 17.6 Å². The van der Waals surface area contributed by atoms with Crippen molar-refractivity contribution in [3.63, 3.8) is 0 Å². The fourth-order valence-electron chi connectivity index (χ4n) is 2.44. The van der Waals surface area contributed by atoms with Crippen LogP contribution in [0.25, 0.3) is 12.2 Å². The molecule has 0 aromatic heterocycles. The van der Waals surface area contributed by atoms with Gasteiger partial charge in [-0.05, 0) is 72.4 Å². The molecule has 0 amide bonds. The molecule has 0 spiro atoms. The number of ether oxygens (including phenoxy) is 1. The Kier molecular flexibility index (Phi) is 8.87. The highest BCUT2D eigenvalue weighted by Gasteiger charge is 1.92. The summed E-state index contributed by atoms with van der Waals surface area (Å²) in [5, 5.41) is 0. The van der Waals surface area contributed by atoms with Crippen LogP contribution in [0, 0.1) is 11.8 Å². The number of rotatable bonds is 8. The summed E-state index contributed by atoms with van der Waals surface area (Å²) in [6.07, 6.45) is 12.5. The van der Waals surface area contributed by atoms with Crippen LogP contribution in [0.4, 0.5) is 0 Å². The molecule has 0 heterocycles. The molecule has 2 aromatic carbocycles. The molecular formula is C25H28O. The monoisotopic (exact) mass is 344 g/mol. The van der Waals surface area contributed by atoms with Gasteiger partial charge in [-0.25, -0.2) is 0 Å². The molecule has 0 saturated carbocycles. The van der Waals surface area contributed by atoms with Gasteiger partial charge in [0, 0.05) is 0 Å². The summed E-state index contributed by atoms with van der Waals surface area (Å²) < 4.78 is 5.58. The fourth-order valence-corrected chi connectivity index (χ4v) is 2.44. The number of benzene rings is 2. The highest BCUT2D eigenvalue weighted by atomic mass is 16.5. The first kappa shape index (κ1) is 19.6. The minimum absolute atomic E-state index is 0.758. The van der Waals surface area contributed by atoms with Crippen LogP contribution in [0.5, 0.6) is 5.75 Å². The molecule has 0 N–H and O–H groups in total. The van der Waals surface area contributed by atoms with Gasteiger partial charge in [0.2, 0.25) is 0 Å². The van der Waals surface area contributed by atoms with Crippen LogP contribution in [-0.4, -0.2) is 6.61 Å². The van der Waals surface area contributed by atoms with Crippen molar-refractivity contribution >= 4 is 12.2 Å². The Labute approximate surface area is 158 Å². The maximum absolute atomic E-state index is 5.58. The van der Waals surface area contributed by atoms with E-state index in [1.165, 1.54) is 24.0 Å². The normalized spacial score (nSPS) is 10.8. The zero-order valence-electron chi connectivity index (χ0n) is 15.9. The summed E-state index contributed by atoms with van der Waals surface area (Å²) in [6, 6.07) is 16.8. The van der Waals surface area contributed by atoms with Crippen molar-refractivity contribution in [2.45, 2.75) is 39.5 Å². The molecule has 0 radical (unpaired) electrons. The molecule has 0 aliphatic heterocycles. The Morgan fingerprint density at radius 1 is 0.769 bits per heavy atom. The largest absolute Gasteiger partial charge is 0.494 e. The SMILES string of the molecule is CCCCc1ccc(/C=C/C#C/C=C/c2ccc(OCCC)cc2)cc1. The van der Waals surface area contributed by atoms with Crippen LogP contribution >= 0.6 is 0 Å². The molecule has 0 saturated heterocycles. The standard InChI is InChI=1S/C25H28O/c1-3-5-10-22-13-15-23(16-14-22)11-8-6-7-9-12-24-17-19-25(20-18-24)26-21-4-2/h8-9,11-20H,3-5,10,21H2,1-2H3/b11-8+,12-9+. The average molecular weight is 344 g/mol. The predicted molar refractivity (Wildman–Crippen MR) is 113 cm³/mol. The van der Waals surface area contributed by atoms with Crippen LogP contribution in [0.3, 0.4) is 0 Å². The van der Waals surface area contributed by atoms with E-state index in [1.54, 1.807) is 0 Å². The van der Waals surface area contributed by atoms with E-state index in [9.17, 15) is 0 Å². The Balaban J connectivity index is 1.81. The van der Waals surface area contributed by atoms with E-state index in [-0.39, 0.29) is 0 Å². The molecule has 0 bridgehead atoms. The lowest BCUT2D eigenvalue weighted by Crippen LogP contribution is -1.94.